The highest BCUT2D eigenvalue weighted by Crippen LogP contribution is 2.40. The Morgan fingerprint density at radius 3 is 2.20 bits per heavy atom. The molecule has 2 aliphatic rings. The summed E-state index contributed by atoms with van der Waals surface area (Å²) in [6, 6.07) is 27.7. The minimum absolute atomic E-state index is 0.0333. The number of carbonyl (C=O) groups is 1. The normalized spacial score (nSPS) is 20.0. The van der Waals surface area contributed by atoms with E-state index in [9.17, 15) is 4.79 Å². The molecule has 0 N–H and O–H groups in total. The van der Waals surface area contributed by atoms with Crippen LogP contribution in [0.5, 0.6) is 5.75 Å². The molecule has 1 aliphatic heterocycles. The molecular formula is C31H36N2O2. The van der Waals surface area contributed by atoms with Crippen LogP contribution in [0.15, 0.2) is 78.9 Å². The van der Waals surface area contributed by atoms with Crippen molar-refractivity contribution in [3.05, 3.63) is 101 Å². The number of likely N-dealkylation sites (N-methyl/N-ethyl adjacent to an activating group) is 1. The van der Waals surface area contributed by atoms with Crippen LogP contribution in [0.1, 0.15) is 59.9 Å². The van der Waals surface area contributed by atoms with E-state index >= 15 is 0 Å². The van der Waals surface area contributed by atoms with Gasteiger partial charge in [0.05, 0.1) is 13.2 Å². The molecule has 1 amide bonds. The summed E-state index contributed by atoms with van der Waals surface area (Å²) in [7, 11) is 3.73. The summed E-state index contributed by atoms with van der Waals surface area (Å²) < 4.78 is 5.59. The zero-order valence-corrected chi connectivity index (χ0v) is 20.9. The number of likely N-dealkylation sites (tertiary alicyclic amines) is 1. The molecule has 0 spiro atoms. The molecule has 5 rings (SSSR count). The number of rotatable bonds is 7. The van der Waals surface area contributed by atoms with Gasteiger partial charge in [0.1, 0.15) is 5.75 Å². The topological polar surface area (TPSA) is 32.8 Å². The number of fused-ring (bicyclic) bond motifs is 1. The first-order valence-corrected chi connectivity index (χ1v) is 12.9. The van der Waals surface area contributed by atoms with Gasteiger partial charge in [-0.15, -0.1) is 0 Å². The van der Waals surface area contributed by atoms with Crippen LogP contribution in [0.3, 0.4) is 0 Å². The molecule has 35 heavy (non-hydrogen) atoms. The molecule has 0 radical (unpaired) electrons. The third-order valence-corrected chi connectivity index (χ3v) is 7.95. The average Bonchev–Trinajstić information content (AvgIpc) is 3.46. The second-order valence-electron chi connectivity index (χ2n) is 9.94. The number of ether oxygens (including phenoxy) is 1. The first-order valence-electron chi connectivity index (χ1n) is 12.9. The van der Waals surface area contributed by atoms with Crippen molar-refractivity contribution >= 4 is 5.91 Å². The molecule has 182 valence electrons. The molecule has 1 heterocycles. The zero-order chi connectivity index (χ0) is 24.2. The van der Waals surface area contributed by atoms with Crippen molar-refractivity contribution in [1.29, 1.82) is 0 Å². The smallest absolute Gasteiger partial charge is 0.223 e. The predicted octanol–water partition coefficient (Wildman–Crippen LogP) is 5.83. The number of hydrogen-bond donors (Lipinski definition) is 0. The van der Waals surface area contributed by atoms with E-state index in [4.69, 9.17) is 4.74 Å². The molecular weight excluding hydrogens is 432 g/mol. The Balaban J connectivity index is 1.47. The van der Waals surface area contributed by atoms with Crippen LogP contribution < -0.4 is 4.74 Å². The van der Waals surface area contributed by atoms with E-state index in [-0.39, 0.29) is 17.9 Å². The number of benzene rings is 3. The van der Waals surface area contributed by atoms with Gasteiger partial charge in [0.2, 0.25) is 5.91 Å². The molecule has 4 nitrogen and oxygen atoms in total. The second-order valence-corrected chi connectivity index (χ2v) is 9.94. The minimum Gasteiger partial charge on any atom is -0.497 e. The summed E-state index contributed by atoms with van der Waals surface area (Å²) in [4.78, 5) is 18.7. The van der Waals surface area contributed by atoms with E-state index in [0.717, 1.165) is 31.7 Å². The largest absolute Gasteiger partial charge is 0.497 e. The van der Waals surface area contributed by atoms with E-state index in [2.05, 4.69) is 71.6 Å². The second kappa shape index (κ2) is 10.7. The van der Waals surface area contributed by atoms with Crippen LogP contribution in [-0.2, 0) is 11.2 Å². The monoisotopic (exact) mass is 468 g/mol. The van der Waals surface area contributed by atoms with Crippen molar-refractivity contribution < 1.29 is 9.53 Å². The van der Waals surface area contributed by atoms with E-state index in [1.807, 2.05) is 24.1 Å². The SMILES string of the molecule is COc1ccc2c(c1)[C@H](N(C)C(=O)CC(c1ccccc1)c1ccccc1)[C@@H](N1CCCC1)CC2. The van der Waals surface area contributed by atoms with E-state index < -0.39 is 0 Å². The van der Waals surface area contributed by atoms with Crippen molar-refractivity contribution in [3.63, 3.8) is 0 Å². The molecule has 0 saturated carbocycles. The molecule has 1 fully saturated rings. The van der Waals surface area contributed by atoms with Gasteiger partial charge in [-0.1, -0.05) is 66.7 Å². The van der Waals surface area contributed by atoms with Gasteiger partial charge in [-0.3, -0.25) is 9.69 Å². The van der Waals surface area contributed by atoms with Gasteiger partial charge in [0.25, 0.3) is 0 Å². The lowest BCUT2D eigenvalue weighted by molar-refractivity contribution is -0.134. The van der Waals surface area contributed by atoms with Gasteiger partial charge in [-0.25, -0.2) is 0 Å². The minimum atomic E-state index is 0.0333. The van der Waals surface area contributed by atoms with Crippen LogP contribution in [-0.4, -0.2) is 49.0 Å². The highest BCUT2D eigenvalue weighted by molar-refractivity contribution is 5.78. The third kappa shape index (κ3) is 4.99. The predicted molar refractivity (Wildman–Crippen MR) is 141 cm³/mol. The van der Waals surface area contributed by atoms with Gasteiger partial charge in [-0.05, 0) is 73.2 Å². The van der Waals surface area contributed by atoms with Crippen molar-refractivity contribution in [2.24, 2.45) is 0 Å². The van der Waals surface area contributed by atoms with Crippen molar-refractivity contribution in [1.82, 2.24) is 9.80 Å². The number of amides is 1. The maximum absolute atomic E-state index is 14.0. The van der Waals surface area contributed by atoms with Crippen LogP contribution >= 0.6 is 0 Å². The summed E-state index contributed by atoms with van der Waals surface area (Å²) >= 11 is 0. The van der Waals surface area contributed by atoms with Crippen LogP contribution in [0.25, 0.3) is 0 Å². The molecule has 0 bridgehead atoms. The van der Waals surface area contributed by atoms with E-state index in [1.165, 1.54) is 35.1 Å². The fourth-order valence-corrected chi connectivity index (χ4v) is 6.07. The molecule has 3 aromatic rings. The number of hydrogen-bond acceptors (Lipinski definition) is 3. The van der Waals surface area contributed by atoms with Gasteiger partial charge in [0.15, 0.2) is 0 Å². The number of methoxy groups -OCH3 is 1. The fourth-order valence-electron chi connectivity index (χ4n) is 6.07. The summed E-state index contributed by atoms with van der Waals surface area (Å²) in [5, 5.41) is 0. The van der Waals surface area contributed by atoms with Crippen LogP contribution in [0, 0.1) is 0 Å². The highest BCUT2D eigenvalue weighted by Gasteiger charge is 2.39. The molecule has 2 atom stereocenters. The maximum Gasteiger partial charge on any atom is 0.223 e. The zero-order valence-electron chi connectivity index (χ0n) is 20.9. The molecule has 4 heteroatoms. The van der Waals surface area contributed by atoms with Gasteiger partial charge in [0, 0.05) is 25.4 Å². The number of nitrogens with zero attached hydrogens (tertiary/aromatic N) is 2. The molecule has 1 saturated heterocycles. The number of aryl methyl sites for hydroxylation is 1. The molecule has 0 unspecified atom stereocenters. The van der Waals surface area contributed by atoms with Crippen LogP contribution in [0.4, 0.5) is 0 Å². The first kappa shape index (κ1) is 23.6. The van der Waals surface area contributed by atoms with Gasteiger partial charge >= 0.3 is 0 Å². The molecule has 0 aromatic heterocycles. The van der Waals surface area contributed by atoms with Gasteiger partial charge in [-0.2, -0.15) is 0 Å². The van der Waals surface area contributed by atoms with E-state index in [0.29, 0.717) is 12.5 Å². The van der Waals surface area contributed by atoms with Crippen molar-refractivity contribution in [2.45, 2.75) is 50.1 Å². The Morgan fingerprint density at radius 1 is 0.971 bits per heavy atom. The summed E-state index contributed by atoms with van der Waals surface area (Å²) in [6.07, 6.45) is 5.08. The third-order valence-electron chi connectivity index (χ3n) is 7.95. The molecule has 3 aromatic carbocycles. The lowest BCUT2D eigenvalue weighted by Crippen LogP contribution is -2.48. The summed E-state index contributed by atoms with van der Waals surface area (Å²) in [5.41, 5.74) is 4.96. The Kier molecular flexibility index (Phi) is 7.19. The fraction of sp³-hybridized carbons (Fsp3) is 0.387. The summed E-state index contributed by atoms with van der Waals surface area (Å²) in [5.74, 6) is 1.08. The standard InChI is InChI=1S/C31H36N2O2/c1-32(30(34)22-27(23-11-5-3-6-12-23)24-13-7-4-8-14-24)31-28-21-26(35-2)17-15-25(28)16-18-29(31)33-19-9-10-20-33/h3-8,11-15,17,21,27,29,31H,9-10,16,18-20,22H2,1-2H3/t29-,31-/m0/s1. The van der Waals surface area contributed by atoms with Crippen molar-refractivity contribution in [2.75, 3.05) is 27.2 Å². The Hall–Kier alpha value is -3.11. The lowest BCUT2D eigenvalue weighted by Gasteiger charge is -2.44. The Morgan fingerprint density at radius 2 is 1.60 bits per heavy atom. The highest BCUT2D eigenvalue weighted by atomic mass is 16.5. The van der Waals surface area contributed by atoms with Crippen LogP contribution in [0.2, 0.25) is 0 Å². The Bertz CT molecular complexity index is 1090. The average molecular weight is 469 g/mol. The quantitative estimate of drug-likeness (QED) is 0.438. The Labute approximate surface area is 209 Å². The molecule has 1 aliphatic carbocycles. The van der Waals surface area contributed by atoms with E-state index in [1.54, 1.807) is 7.11 Å². The lowest BCUT2D eigenvalue weighted by atomic mass is 9.81. The van der Waals surface area contributed by atoms with Gasteiger partial charge < -0.3 is 9.64 Å². The summed E-state index contributed by atoms with van der Waals surface area (Å²) in [6.45, 7) is 2.25. The maximum atomic E-state index is 14.0. The van der Waals surface area contributed by atoms with Crippen molar-refractivity contribution in [3.8, 4) is 5.75 Å². The first-order chi connectivity index (χ1) is 17.2. The number of carbonyl (C=O) groups excluding carboxylic acids is 1.